The molecule has 1 heterocycles. The Balaban J connectivity index is 1.99. The molecular weight excluding hydrogens is 352 g/mol. The van der Waals surface area contributed by atoms with Crippen LogP contribution in [0.4, 0.5) is 0 Å². The average molecular weight is 376 g/mol. The minimum atomic E-state index is -0.247. The minimum absolute atomic E-state index is 0.142. The molecule has 2 amide bonds. The summed E-state index contributed by atoms with van der Waals surface area (Å²) in [6.07, 6.45) is 3.80. The van der Waals surface area contributed by atoms with Crippen molar-refractivity contribution in [2.24, 2.45) is 0 Å². The van der Waals surface area contributed by atoms with E-state index in [1.165, 1.54) is 14.0 Å². The third-order valence-corrected chi connectivity index (χ3v) is 5.29. The number of carbonyl (C=O) groups is 3. The molecule has 1 fully saturated rings. The molecule has 1 saturated heterocycles. The minimum Gasteiger partial charge on any atom is -0.469 e. The van der Waals surface area contributed by atoms with Crippen LogP contribution in [0, 0.1) is 0 Å². The van der Waals surface area contributed by atoms with Crippen molar-refractivity contribution in [1.82, 2.24) is 10.6 Å². The molecule has 0 radical (unpaired) electrons. The van der Waals surface area contributed by atoms with E-state index >= 15 is 0 Å². The summed E-state index contributed by atoms with van der Waals surface area (Å²) in [6, 6.07) is 8.58. The van der Waals surface area contributed by atoms with Crippen LogP contribution in [0.25, 0.3) is 0 Å². The highest BCUT2D eigenvalue weighted by molar-refractivity contribution is 8.03. The highest BCUT2D eigenvalue weighted by atomic mass is 32.2. The number of thioether (sulfide) groups is 1. The first-order chi connectivity index (χ1) is 12.5. The van der Waals surface area contributed by atoms with Gasteiger partial charge in [0.1, 0.15) is 0 Å². The molecule has 0 aromatic heterocycles. The van der Waals surface area contributed by atoms with Crippen molar-refractivity contribution in [2.75, 3.05) is 12.9 Å². The van der Waals surface area contributed by atoms with Crippen molar-refractivity contribution < 1.29 is 19.1 Å². The molecule has 1 aromatic rings. The molecule has 0 saturated carbocycles. The van der Waals surface area contributed by atoms with Crippen LogP contribution in [-0.2, 0) is 14.3 Å². The molecule has 0 aliphatic carbocycles. The highest BCUT2D eigenvalue weighted by Gasteiger charge is 2.34. The zero-order valence-corrected chi connectivity index (χ0v) is 15.8. The van der Waals surface area contributed by atoms with Gasteiger partial charge in [0.15, 0.2) is 0 Å². The molecular formula is C19H24N2O4S. The summed E-state index contributed by atoms with van der Waals surface area (Å²) >= 11 is 1.62. The van der Waals surface area contributed by atoms with E-state index in [2.05, 4.69) is 15.4 Å². The molecule has 0 unspecified atom stereocenters. The van der Waals surface area contributed by atoms with E-state index in [-0.39, 0.29) is 29.9 Å². The molecule has 26 heavy (non-hydrogen) atoms. The van der Waals surface area contributed by atoms with Gasteiger partial charge in [-0.2, -0.15) is 0 Å². The summed E-state index contributed by atoms with van der Waals surface area (Å²) in [6.45, 7) is 1.47. The molecule has 2 N–H and O–H groups in total. The number of hydrogen-bond acceptors (Lipinski definition) is 5. The molecule has 0 spiro atoms. The maximum absolute atomic E-state index is 12.4. The average Bonchev–Trinajstić information content (AvgIpc) is 3.00. The maximum Gasteiger partial charge on any atom is 0.305 e. The van der Waals surface area contributed by atoms with Crippen LogP contribution >= 0.6 is 11.8 Å². The third-order valence-electron chi connectivity index (χ3n) is 4.01. The Morgan fingerprint density at radius 2 is 1.96 bits per heavy atom. The molecule has 1 aromatic carbocycles. The van der Waals surface area contributed by atoms with Gasteiger partial charge in [-0.15, -0.1) is 11.8 Å². The lowest BCUT2D eigenvalue weighted by Gasteiger charge is -2.22. The normalized spacial score (nSPS) is 20.6. The van der Waals surface area contributed by atoms with Crippen LogP contribution in [0.3, 0.4) is 0 Å². The topological polar surface area (TPSA) is 84.5 Å². The number of nitrogens with one attached hydrogen (secondary N) is 2. The van der Waals surface area contributed by atoms with E-state index in [0.29, 0.717) is 30.6 Å². The van der Waals surface area contributed by atoms with Crippen LogP contribution in [-0.4, -0.2) is 42.7 Å². The van der Waals surface area contributed by atoms with Crippen molar-refractivity contribution in [3.05, 3.63) is 46.9 Å². The van der Waals surface area contributed by atoms with Gasteiger partial charge in [-0.1, -0.05) is 24.3 Å². The van der Waals surface area contributed by atoms with Crippen molar-refractivity contribution in [3.8, 4) is 0 Å². The Hall–Kier alpha value is -2.28. The Bertz CT molecular complexity index is 675. The lowest BCUT2D eigenvalue weighted by atomic mass is 10.1. The zero-order valence-electron chi connectivity index (χ0n) is 15.0. The summed E-state index contributed by atoms with van der Waals surface area (Å²) in [5, 5.41) is 5.93. The predicted octanol–water partition coefficient (Wildman–Crippen LogP) is 2.26. The SMILES string of the molecule is COC(=O)CCC/C=C1\SC[C@H](NC(=O)c2ccccc2)[C@@H]1NC(C)=O. The molecule has 2 rings (SSSR count). The number of carbonyl (C=O) groups excluding carboxylic acids is 3. The van der Waals surface area contributed by atoms with Gasteiger partial charge in [0.25, 0.3) is 5.91 Å². The van der Waals surface area contributed by atoms with Gasteiger partial charge < -0.3 is 15.4 Å². The number of ether oxygens (including phenoxy) is 1. The molecule has 2 atom stereocenters. The van der Waals surface area contributed by atoms with Gasteiger partial charge in [-0.25, -0.2) is 0 Å². The second-order valence-electron chi connectivity index (χ2n) is 6.01. The summed E-state index contributed by atoms with van der Waals surface area (Å²) in [7, 11) is 1.38. The van der Waals surface area contributed by atoms with E-state index in [1.54, 1.807) is 23.9 Å². The van der Waals surface area contributed by atoms with Crippen LogP contribution < -0.4 is 10.6 Å². The number of rotatable bonds is 7. The number of allylic oxidation sites excluding steroid dienone is 1. The molecule has 1 aliphatic rings. The lowest BCUT2D eigenvalue weighted by Crippen LogP contribution is -2.50. The monoisotopic (exact) mass is 376 g/mol. The van der Waals surface area contributed by atoms with Crippen molar-refractivity contribution in [1.29, 1.82) is 0 Å². The number of methoxy groups -OCH3 is 1. The number of esters is 1. The molecule has 140 valence electrons. The standard InChI is InChI=1S/C19H24N2O4S/c1-13(22)20-18-15(21-19(24)14-8-4-3-5-9-14)12-26-16(18)10-6-7-11-17(23)25-2/h3-5,8-10,15,18H,6-7,11-12H2,1-2H3,(H,20,22)(H,21,24)/b16-10-/t15-,18-/m0/s1. The maximum atomic E-state index is 12.4. The van der Waals surface area contributed by atoms with Gasteiger partial charge in [-0.05, 0) is 25.0 Å². The summed E-state index contributed by atoms with van der Waals surface area (Å²) in [5.74, 6) is 0.163. The number of benzene rings is 1. The van der Waals surface area contributed by atoms with Crippen LogP contribution in [0.2, 0.25) is 0 Å². The largest absolute Gasteiger partial charge is 0.469 e. The molecule has 6 nitrogen and oxygen atoms in total. The van der Waals surface area contributed by atoms with E-state index < -0.39 is 0 Å². The first-order valence-corrected chi connectivity index (χ1v) is 9.52. The van der Waals surface area contributed by atoms with Gasteiger partial charge in [-0.3, -0.25) is 14.4 Å². The van der Waals surface area contributed by atoms with E-state index in [0.717, 1.165) is 4.91 Å². The van der Waals surface area contributed by atoms with E-state index in [4.69, 9.17) is 0 Å². The van der Waals surface area contributed by atoms with Crippen molar-refractivity contribution in [3.63, 3.8) is 0 Å². The van der Waals surface area contributed by atoms with Gasteiger partial charge >= 0.3 is 5.97 Å². The third kappa shape index (κ3) is 5.91. The Kier molecular flexibility index (Phi) is 7.72. The van der Waals surface area contributed by atoms with Gasteiger partial charge in [0.05, 0.1) is 19.2 Å². The Morgan fingerprint density at radius 1 is 1.23 bits per heavy atom. The van der Waals surface area contributed by atoms with E-state index in [1.807, 2.05) is 24.3 Å². The fourth-order valence-electron chi connectivity index (χ4n) is 2.71. The summed E-state index contributed by atoms with van der Waals surface area (Å²) in [5.41, 5.74) is 0.592. The number of amides is 2. The first-order valence-electron chi connectivity index (χ1n) is 8.54. The zero-order chi connectivity index (χ0) is 18.9. The molecule has 7 heteroatoms. The predicted molar refractivity (Wildman–Crippen MR) is 102 cm³/mol. The Morgan fingerprint density at radius 3 is 2.62 bits per heavy atom. The Labute approximate surface area is 157 Å². The quantitative estimate of drug-likeness (QED) is 0.563. The number of unbranched alkanes of at least 4 members (excludes halogenated alkanes) is 1. The fourth-order valence-corrected chi connectivity index (χ4v) is 3.99. The van der Waals surface area contributed by atoms with Gasteiger partial charge in [0, 0.05) is 29.6 Å². The van der Waals surface area contributed by atoms with Crippen molar-refractivity contribution >= 4 is 29.5 Å². The smallest absolute Gasteiger partial charge is 0.305 e. The molecule has 0 bridgehead atoms. The fraction of sp³-hybridized carbons (Fsp3) is 0.421. The summed E-state index contributed by atoms with van der Waals surface area (Å²) in [4.78, 5) is 36.2. The van der Waals surface area contributed by atoms with Crippen LogP contribution in [0.5, 0.6) is 0 Å². The summed E-state index contributed by atoms with van der Waals surface area (Å²) < 4.78 is 4.63. The lowest BCUT2D eigenvalue weighted by molar-refractivity contribution is -0.140. The molecule has 1 aliphatic heterocycles. The van der Waals surface area contributed by atoms with E-state index in [9.17, 15) is 14.4 Å². The van der Waals surface area contributed by atoms with Crippen LogP contribution in [0.15, 0.2) is 41.3 Å². The number of hydrogen-bond donors (Lipinski definition) is 2. The van der Waals surface area contributed by atoms with Crippen LogP contribution in [0.1, 0.15) is 36.5 Å². The second kappa shape index (κ2) is 10.0. The first kappa shape index (κ1) is 20.0. The highest BCUT2D eigenvalue weighted by Crippen LogP contribution is 2.32. The van der Waals surface area contributed by atoms with Gasteiger partial charge in [0.2, 0.25) is 5.91 Å². The van der Waals surface area contributed by atoms with Crippen molar-refractivity contribution in [2.45, 2.75) is 38.3 Å². The second-order valence-corrected chi connectivity index (χ2v) is 7.10.